The predicted molar refractivity (Wildman–Crippen MR) is 73.0 cm³/mol. The summed E-state index contributed by atoms with van der Waals surface area (Å²) >= 11 is 3.48. The third kappa shape index (κ3) is 3.22. The van der Waals surface area contributed by atoms with E-state index in [4.69, 9.17) is 0 Å². The predicted octanol–water partition coefficient (Wildman–Crippen LogP) is 3.31. The Hall–Kier alpha value is -0.540. The van der Waals surface area contributed by atoms with Gasteiger partial charge >= 0.3 is 0 Å². The summed E-state index contributed by atoms with van der Waals surface area (Å²) in [5.41, 5.74) is 2.55. The summed E-state index contributed by atoms with van der Waals surface area (Å²) in [5, 5.41) is 7.03. The zero-order valence-electron chi connectivity index (χ0n) is 9.72. The second-order valence-corrected chi connectivity index (χ2v) is 5.38. The highest BCUT2D eigenvalue weighted by Crippen LogP contribution is 2.20. The first-order valence-corrected chi connectivity index (χ1v) is 6.78. The first kappa shape index (κ1) is 11.9. The Morgan fingerprint density at radius 3 is 3.06 bits per heavy atom. The number of anilines is 1. The average molecular weight is 283 g/mol. The van der Waals surface area contributed by atoms with Crippen LogP contribution in [0.4, 0.5) is 5.69 Å². The Morgan fingerprint density at radius 2 is 2.38 bits per heavy atom. The van der Waals surface area contributed by atoms with Gasteiger partial charge in [-0.1, -0.05) is 15.9 Å². The van der Waals surface area contributed by atoms with Gasteiger partial charge in [0.15, 0.2) is 0 Å². The van der Waals surface area contributed by atoms with Gasteiger partial charge < -0.3 is 10.6 Å². The molecule has 0 radical (unpaired) electrons. The number of halogens is 1. The van der Waals surface area contributed by atoms with Crippen LogP contribution in [0.3, 0.4) is 0 Å². The molecule has 1 aliphatic heterocycles. The molecular weight excluding hydrogens is 264 g/mol. The fraction of sp³-hybridized carbons (Fsp3) is 0.538. The molecule has 3 heteroatoms. The SMILES string of the molecule is Cc1cc(Br)ccc1NCCC1CCCN1. The largest absolute Gasteiger partial charge is 0.385 e. The summed E-state index contributed by atoms with van der Waals surface area (Å²) in [4.78, 5) is 0. The molecule has 2 rings (SSSR count). The smallest absolute Gasteiger partial charge is 0.0370 e. The van der Waals surface area contributed by atoms with E-state index in [1.54, 1.807) is 0 Å². The molecule has 1 aromatic carbocycles. The Balaban J connectivity index is 1.80. The number of aryl methyl sites for hydroxylation is 1. The maximum atomic E-state index is 3.52. The van der Waals surface area contributed by atoms with Crippen molar-refractivity contribution in [3.63, 3.8) is 0 Å². The molecule has 1 heterocycles. The summed E-state index contributed by atoms with van der Waals surface area (Å²) < 4.78 is 1.15. The number of rotatable bonds is 4. The van der Waals surface area contributed by atoms with E-state index in [0.717, 1.165) is 17.1 Å². The first-order valence-electron chi connectivity index (χ1n) is 5.99. The van der Waals surface area contributed by atoms with E-state index < -0.39 is 0 Å². The van der Waals surface area contributed by atoms with Crippen molar-refractivity contribution in [2.45, 2.75) is 32.2 Å². The van der Waals surface area contributed by atoms with Crippen molar-refractivity contribution in [2.24, 2.45) is 0 Å². The molecule has 1 unspecified atom stereocenters. The Bertz CT molecular complexity index is 346. The minimum absolute atomic E-state index is 0.725. The van der Waals surface area contributed by atoms with Crippen LogP contribution >= 0.6 is 15.9 Å². The van der Waals surface area contributed by atoms with Gasteiger partial charge in [0, 0.05) is 22.7 Å². The van der Waals surface area contributed by atoms with Crippen molar-refractivity contribution in [1.82, 2.24) is 5.32 Å². The number of benzene rings is 1. The van der Waals surface area contributed by atoms with Gasteiger partial charge in [0.05, 0.1) is 0 Å². The van der Waals surface area contributed by atoms with Crippen LogP contribution in [0.2, 0.25) is 0 Å². The summed E-state index contributed by atoms with van der Waals surface area (Å²) in [6.45, 7) is 4.39. The van der Waals surface area contributed by atoms with Crippen LogP contribution in [-0.4, -0.2) is 19.1 Å². The molecule has 1 aromatic rings. The molecule has 0 aromatic heterocycles. The van der Waals surface area contributed by atoms with Crippen LogP contribution < -0.4 is 10.6 Å². The van der Waals surface area contributed by atoms with E-state index in [1.807, 2.05) is 0 Å². The molecule has 0 aliphatic carbocycles. The molecule has 1 aliphatic rings. The van der Waals surface area contributed by atoms with Gasteiger partial charge in [-0.05, 0) is 56.5 Å². The highest BCUT2D eigenvalue weighted by atomic mass is 79.9. The fourth-order valence-electron chi connectivity index (χ4n) is 2.21. The number of hydrogen-bond acceptors (Lipinski definition) is 2. The number of hydrogen-bond donors (Lipinski definition) is 2. The van der Waals surface area contributed by atoms with Crippen molar-refractivity contribution in [3.05, 3.63) is 28.2 Å². The average Bonchev–Trinajstić information content (AvgIpc) is 2.74. The lowest BCUT2D eigenvalue weighted by Gasteiger charge is -2.13. The quantitative estimate of drug-likeness (QED) is 0.886. The zero-order valence-corrected chi connectivity index (χ0v) is 11.3. The van der Waals surface area contributed by atoms with E-state index in [1.165, 1.54) is 37.1 Å². The van der Waals surface area contributed by atoms with Gasteiger partial charge in [-0.25, -0.2) is 0 Å². The number of nitrogens with one attached hydrogen (secondary N) is 2. The van der Waals surface area contributed by atoms with E-state index >= 15 is 0 Å². The van der Waals surface area contributed by atoms with Crippen LogP contribution in [0.15, 0.2) is 22.7 Å². The monoisotopic (exact) mass is 282 g/mol. The molecule has 0 bridgehead atoms. The molecule has 1 atom stereocenters. The molecule has 88 valence electrons. The maximum Gasteiger partial charge on any atom is 0.0370 e. The zero-order chi connectivity index (χ0) is 11.4. The Labute approximate surface area is 106 Å². The van der Waals surface area contributed by atoms with Crippen molar-refractivity contribution in [2.75, 3.05) is 18.4 Å². The van der Waals surface area contributed by atoms with Crippen LogP contribution in [0.25, 0.3) is 0 Å². The summed E-state index contributed by atoms with van der Waals surface area (Å²) in [6, 6.07) is 7.10. The fourth-order valence-corrected chi connectivity index (χ4v) is 2.69. The van der Waals surface area contributed by atoms with Gasteiger partial charge in [-0.3, -0.25) is 0 Å². The van der Waals surface area contributed by atoms with E-state index in [-0.39, 0.29) is 0 Å². The van der Waals surface area contributed by atoms with Crippen LogP contribution in [0, 0.1) is 6.92 Å². The van der Waals surface area contributed by atoms with Crippen molar-refractivity contribution >= 4 is 21.6 Å². The standard InChI is InChI=1S/C13H19BrN2/c1-10-9-11(14)4-5-13(10)16-8-6-12-3-2-7-15-12/h4-5,9,12,15-16H,2-3,6-8H2,1H3. The molecule has 0 amide bonds. The summed E-state index contributed by atoms with van der Waals surface area (Å²) in [6.07, 6.45) is 3.89. The lowest BCUT2D eigenvalue weighted by atomic mass is 10.1. The molecule has 2 N–H and O–H groups in total. The third-order valence-electron chi connectivity index (χ3n) is 3.16. The normalized spacial score (nSPS) is 20.0. The lowest BCUT2D eigenvalue weighted by molar-refractivity contribution is 0.574. The molecule has 1 fully saturated rings. The highest BCUT2D eigenvalue weighted by molar-refractivity contribution is 9.10. The van der Waals surface area contributed by atoms with Gasteiger partial charge in [0.1, 0.15) is 0 Å². The van der Waals surface area contributed by atoms with E-state index in [2.05, 4.69) is 51.7 Å². The molecule has 0 saturated carbocycles. The van der Waals surface area contributed by atoms with Crippen LogP contribution in [0.5, 0.6) is 0 Å². The molecule has 16 heavy (non-hydrogen) atoms. The van der Waals surface area contributed by atoms with E-state index in [9.17, 15) is 0 Å². The molecule has 1 saturated heterocycles. The topological polar surface area (TPSA) is 24.1 Å². The first-order chi connectivity index (χ1) is 7.75. The van der Waals surface area contributed by atoms with Crippen molar-refractivity contribution in [1.29, 1.82) is 0 Å². The summed E-state index contributed by atoms with van der Waals surface area (Å²) in [7, 11) is 0. The second kappa shape index (κ2) is 5.69. The Morgan fingerprint density at radius 1 is 1.50 bits per heavy atom. The lowest BCUT2D eigenvalue weighted by Crippen LogP contribution is -2.24. The molecule has 0 spiro atoms. The minimum atomic E-state index is 0.725. The van der Waals surface area contributed by atoms with E-state index in [0.29, 0.717) is 0 Å². The molecule has 2 nitrogen and oxygen atoms in total. The van der Waals surface area contributed by atoms with Crippen molar-refractivity contribution < 1.29 is 0 Å². The Kier molecular flexibility index (Phi) is 4.24. The van der Waals surface area contributed by atoms with Gasteiger partial charge in [0.25, 0.3) is 0 Å². The van der Waals surface area contributed by atoms with Crippen LogP contribution in [-0.2, 0) is 0 Å². The van der Waals surface area contributed by atoms with Gasteiger partial charge in [0.2, 0.25) is 0 Å². The second-order valence-electron chi connectivity index (χ2n) is 4.47. The maximum absolute atomic E-state index is 3.52. The van der Waals surface area contributed by atoms with Gasteiger partial charge in [-0.15, -0.1) is 0 Å². The third-order valence-corrected chi connectivity index (χ3v) is 3.65. The minimum Gasteiger partial charge on any atom is -0.385 e. The van der Waals surface area contributed by atoms with Crippen molar-refractivity contribution in [3.8, 4) is 0 Å². The molecular formula is C13H19BrN2. The van der Waals surface area contributed by atoms with Crippen LogP contribution in [0.1, 0.15) is 24.8 Å². The highest BCUT2D eigenvalue weighted by Gasteiger charge is 2.12. The van der Waals surface area contributed by atoms with Gasteiger partial charge in [-0.2, -0.15) is 0 Å². The summed E-state index contributed by atoms with van der Waals surface area (Å²) in [5.74, 6) is 0.